The fourth-order valence-electron chi connectivity index (χ4n) is 2.91. The average Bonchev–Trinajstić information content (AvgIpc) is 2.76. The largest absolute Gasteiger partial charge is 0.370 e. The van der Waals surface area contributed by atoms with Crippen molar-refractivity contribution < 1.29 is 8.42 Å². The van der Waals surface area contributed by atoms with E-state index >= 15 is 0 Å². The molecule has 3 N–H and O–H groups in total. The first kappa shape index (κ1) is 21.3. The van der Waals surface area contributed by atoms with Crippen molar-refractivity contribution in [3.63, 3.8) is 0 Å². The van der Waals surface area contributed by atoms with Gasteiger partial charge in [-0.25, -0.2) is 12.7 Å². The summed E-state index contributed by atoms with van der Waals surface area (Å²) in [5, 5.41) is 3.24. The van der Waals surface area contributed by atoms with Gasteiger partial charge in [0, 0.05) is 30.6 Å². The Morgan fingerprint density at radius 3 is 2.39 bits per heavy atom. The lowest BCUT2D eigenvalue weighted by molar-refractivity contribution is 0.444. The predicted molar refractivity (Wildman–Crippen MR) is 109 cm³/mol. The zero-order valence-electron chi connectivity index (χ0n) is 13.6. The summed E-state index contributed by atoms with van der Waals surface area (Å²) in [5.74, 6) is 2.20. The van der Waals surface area contributed by atoms with Crippen molar-refractivity contribution in [1.29, 1.82) is 0 Å². The molecule has 6 nitrogen and oxygen atoms in total. The number of nitrogens with one attached hydrogen (secondary N) is 1. The van der Waals surface area contributed by atoms with E-state index in [1.165, 1.54) is 25.7 Å². The Morgan fingerprint density at radius 1 is 1.17 bits per heavy atom. The molecule has 2 rings (SSSR count). The number of sulfonamides is 1. The molecule has 0 aromatic carbocycles. The van der Waals surface area contributed by atoms with Gasteiger partial charge >= 0.3 is 0 Å². The van der Waals surface area contributed by atoms with Crippen molar-refractivity contribution in [2.75, 3.05) is 36.9 Å². The molecule has 1 heterocycles. The SMILES string of the molecule is I.NC(=NCCS(=O)(=O)N1CCSCC1)NC1CCCCCC1. The van der Waals surface area contributed by atoms with E-state index in [0.29, 0.717) is 25.1 Å². The van der Waals surface area contributed by atoms with Crippen molar-refractivity contribution in [2.45, 2.75) is 44.6 Å². The van der Waals surface area contributed by atoms with Crippen LogP contribution in [0.1, 0.15) is 38.5 Å². The smallest absolute Gasteiger partial charge is 0.215 e. The molecule has 0 aromatic rings. The number of rotatable bonds is 5. The van der Waals surface area contributed by atoms with Crippen LogP contribution in [0.2, 0.25) is 0 Å². The molecule has 0 amide bonds. The van der Waals surface area contributed by atoms with Crippen LogP contribution < -0.4 is 11.1 Å². The third-order valence-corrected chi connectivity index (χ3v) is 6.99. The summed E-state index contributed by atoms with van der Waals surface area (Å²) in [6, 6.07) is 0.391. The van der Waals surface area contributed by atoms with E-state index < -0.39 is 10.0 Å². The second kappa shape index (κ2) is 11.0. The maximum atomic E-state index is 12.2. The molecule has 0 bridgehead atoms. The highest BCUT2D eigenvalue weighted by Gasteiger charge is 2.23. The lowest BCUT2D eigenvalue weighted by Gasteiger charge is -2.25. The van der Waals surface area contributed by atoms with Crippen LogP contribution >= 0.6 is 35.7 Å². The van der Waals surface area contributed by atoms with Gasteiger partial charge in [0.25, 0.3) is 0 Å². The minimum Gasteiger partial charge on any atom is -0.370 e. The van der Waals surface area contributed by atoms with Crippen LogP contribution in [-0.4, -0.2) is 61.6 Å². The zero-order valence-corrected chi connectivity index (χ0v) is 17.5. The summed E-state index contributed by atoms with van der Waals surface area (Å²) in [5.41, 5.74) is 5.89. The normalized spacial score (nSPS) is 22.2. The fraction of sp³-hybridized carbons (Fsp3) is 0.929. The number of aliphatic imine (C=N–C) groups is 1. The van der Waals surface area contributed by atoms with Crippen molar-refractivity contribution in [3.8, 4) is 0 Å². The summed E-state index contributed by atoms with van der Waals surface area (Å²) in [6.07, 6.45) is 7.29. The van der Waals surface area contributed by atoms with Crippen molar-refractivity contribution in [1.82, 2.24) is 9.62 Å². The number of thioether (sulfide) groups is 1. The van der Waals surface area contributed by atoms with Gasteiger partial charge in [-0.3, -0.25) is 4.99 Å². The maximum Gasteiger partial charge on any atom is 0.215 e. The van der Waals surface area contributed by atoms with Crippen LogP contribution in [0.3, 0.4) is 0 Å². The van der Waals surface area contributed by atoms with E-state index in [1.807, 2.05) is 0 Å². The average molecular weight is 476 g/mol. The second-order valence-corrected chi connectivity index (χ2v) is 9.24. The first-order valence-electron chi connectivity index (χ1n) is 8.20. The maximum absolute atomic E-state index is 12.2. The van der Waals surface area contributed by atoms with Gasteiger partial charge in [-0.15, -0.1) is 24.0 Å². The summed E-state index contributed by atoms with van der Waals surface area (Å²) in [4.78, 5) is 4.20. The Kier molecular flexibility index (Phi) is 10.2. The molecule has 1 aliphatic carbocycles. The Morgan fingerprint density at radius 2 is 1.78 bits per heavy atom. The molecular weight excluding hydrogens is 447 g/mol. The highest BCUT2D eigenvalue weighted by atomic mass is 127. The summed E-state index contributed by atoms with van der Waals surface area (Å²) in [7, 11) is -3.19. The van der Waals surface area contributed by atoms with Crippen molar-refractivity contribution >= 4 is 51.7 Å². The van der Waals surface area contributed by atoms with Crippen LogP contribution in [0, 0.1) is 0 Å². The van der Waals surface area contributed by atoms with E-state index in [-0.39, 0.29) is 36.3 Å². The molecule has 1 saturated heterocycles. The summed E-state index contributed by atoms with van der Waals surface area (Å²) < 4.78 is 26.0. The minimum atomic E-state index is -3.19. The highest BCUT2D eigenvalue weighted by molar-refractivity contribution is 14.0. The molecule has 23 heavy (non-hydrogen) atoms. The molecular formula is C14H29IN4O2S2. The van der Waals surface area contributed by atoms with Crippen LogP contribution in [0.25, 0.3) is 0 Å². The number of guanidine groups is 1. The topological polar surface area (TPSA) is 87.8 Å². The molecule has 9 heteroatoms. The Hall–Kier alpha value is 0.260. The van der Waals surface area contributed by atoms with Crippen LogP contribution in [0.4, 0.5) is 0 Å². The lowest BCUT2D eigenvalue weighted by Crippen LogP contribution is -2.41. The van der Waals surface area contributed by atoms with E-state index in [2.05, 4.69) is 10.3 Å². The van der Waals surface area contributed by atoms with Gasteiger partial charge in [-0.05, 0) is 12.8 Å². The fourth-order valence-corrected chi connectivity index (χ4v) is 5.37. The summed E-state index contributed by atoms with van der Waals surface area (Å²) in [6.45, 7) is 1.47. The number of hydrogen-bond acceptors (Lipinski definition) is 4. The van der Waals surface area contributed by atoms with E-state index in [4.69, 9.17) is 5.73 Å². The first-order chi connectivity index (χ1) is 10.6. The van der Waals surface area contributed by atoms with Gasteiger partial charge in [0.1, 0.15) is 0 Å². The Balaban J connectivity index is 0.00000264. The van der Waals surface area contributed by atoms with Gasteiger partial charge in [0.2, 0.25) is 10.0 Å². The third kappa shape index (κ3) is 7.78. The standard InChI is InChI=1S/C14H28N4O2S2.HI/c15-14(17-13-5-3-1-2-4-6-13)16-7-12-22(19,20)18-8-10-21-11-9-18;/h13H,1-12H2,(H3,15,16,17);1H. The molecule has 0 spiro atoms. The predicted octanol–water partition coefficient (Wildman–Crippen LogP) is 1.61. The van der Waals surface area contributed by atoms with Gasteiger partial charge in [-0.1, -0.05) is 25.7 Å². The summed E-state index contributed by atoms with van der Waals surface area (Å²) >= 11 is 1.80. The van der Waals surface area contributed by atoms with Gasteiger partial charge in [0.15, 0.2) is 5.96 Å². The number of nitrogens with zero attached hydrogens (tertiary/aromatic N) is 2. The molecule has 0 aromatic heterocycles. The molecule has 2 aliphatic rings. The van der Waals surface area contributed by atoms with Crippen LogP contribution in [-0.2, 0) is 10.0 Å². The second-order valence-electron chi connectivity index (χ2n) is 5.93. The molecule has 0 atom stereocenters. The highest BCUT2D eigenvalue weighted by Crippen LogP contribution is 2.17. The Bertz CT molecular complexity index is 459. The molecule has 0 radical (unpaired) electrons. The van der Waals surface area contributed by atoms with E-state index in [1.54, 1.807) is 16.1 Å². The lowest BCUT2D eigenvalue weighted by atomic mass is 10.1. The quantitative estimate of drug-likeness (QED) is 0.273. The number of hydrogen-bond donors (Lipinski definition) is 2. The van der Waals surface area contributed by atoms with E-state index in [0.717, 1.165) is 24.3 Å². The monoisotopic (exact) mass is 476 g/mol. The molecule has 0 unspecified atom stereocenters. The molecule has 1 aliphatic heterocycles. The van der Waals surface area contributed by atoms with Crippen molar-refractivity contribution in [2.24, 2.45) is 10.7 Å². The third-order valence-electron chi connectivity index (χ3n) is 4.20. The minimum absolute atomic E-state index is 0. The van der Waals surface area contributed by atoms with E-state index in [9.17, 15) is 8.42 Å². The van der Waals surface area contributed by atoms with Gasteiger partial charge in [0.05, 0.1) is 12.3 Å². The van der Waals surface area contributed by atoms with Gasteiger partial charge in [-0.2, -0.15) is 11.8 Å². The Labute approximate surface area is 161 Å². The molecule has 1 saturated carbocycles. The first-order valence-corrected chi connectivity index (χ1v) is 11.0. The number of nitrogens with two attached hydrogens (primary N) is 1. The van der Waals surface area contributed by atoms with Crippen LogP contribution in [0.15, 0.2) is 4.99 Å². The molecule has 136 valence electrons. The van der Waals surface area contributed by atoms with Crippen LogP contribution in [0.5, 0.6) is 0 Å². The number of halogens is 1. The zero-order chi connectivity index (χ0) is 15.8. The van der Waals surface area contributed by atoms with Crippen molar-refractivity contribution in [3.05, 3.63) is 0 Å². The molecule has 2 fully saturated rings. The van der Waals surface area contributed by atoms with Gasteiger partial charge < -0.3 is 11.1 Å².